The SMILES string of the molecule is CC[C@@H]1C(C(=O)N[C@H]2CCCC[C@@H]2O)=NN(c2ccc(Cl)cc2Cl)[C@@H]1c1ccc(Cl)cc1. The van der Waals surface area contributed by atoms with Gasteiger partial charge in [0.2, 0.25) is 0 Å². The molecule has 0 spiro atoms. The van der Waals surface area contributed by atoms with Gasteiger partial charge in [0.1, 0.15) is 5.71 Å². The summed E-state index contributed by atoms with van der Waals surface area (Å²) in [4.78, 5) is 13.3. The third-order valence-corrected chi connectivity index (χ3v) is 7.09. The maximum Gasteiger partial charge on any atom is 0.268 e. The quantitative estimate of drug-likeness (QED) is 0.535. The Morgan fingerprint density at radius 3 is 2.44 bits per heavy atom. The fourth-order valence-electron chi connectivity index (χ4n) is 4.63. The molecule has 5 nitrogen and oxygen atoms in total. The molecule has 1 heterocycles. The average molecular weight is 495 g/mol. The number of hydrogen-bond acceptors (Lipinski definition) is 4. The number of halogens is 3. The minimum Gasteiger partial charge on any atom is -0.391 e. The van der Waals surface area contributed by atoms with Crippen LogP contribution in [0.3, 0.4) is 0 Å². The van der Waals surface area contributed by atoms with E-state index in [1.165, 1.54) is 0 Å². The predicted molar refractivity (Wildman–Crippen MR) is 131 cm³/mol. The van der Waals surface area contributed by atoms with E-state index in [4.69, 9.17) is 39.9 Å². The summed E-state index contributed by atoms with van der Waals surface area (Å²) in [5.74, 6) is -0.405. The van der Waals surface area contributed by atoms with E-state index in [0.29, 0.717) is 39.3 Å². The Hall–Kier alpha value is -1.79. The highest BCUT2D eigenvalue weighted by Gasteiger charge is 2.42. The van der Waals surface area contributed by atoms with Crippen molar-refractivity contribution >= 4 is 52.1 Å². The van der Waals surface area contributed by atoms with E-state index in [9.17, 15) is 9.90 Å². The van der Waals surface area contributed by atoms with Gasteiger partial charge in [0.25, 0.3) is 5.91 Å². The molecule has 0 bridgehead atoms. The highest BCUT2D eigenvalue weighted by atomic mass is 35.5. The molecule has 170 valence electrons. The summed E-state index contributed by atoms with van der Waals surface area (Å²) in [6.07, 6.45) is 3.62. The van der Waals surface area contributed by atoms with Crippen LogP contribution in [0.5, 0.6) is 0 Å². The lowest BCUT2D eigenvalue weighted by atomic mass is 9.86. The average Bonchev–Trinajstić information content (AvgIpc) is 3.15. The van der Waals surface area contributed by atoms with Crippen molar-refractivity contribution < 1.29 is 9.90 Å². The van der Waals surface area contributed by atoms with E-state index in [0.717, 1.165) is 24.8 Å². The molecule has 1 fully saturated rings. The van der Waals surface area contributed by atoms with Gasteiger partial charge in [-0.3, -0.25) is 9.80 Å². The number of carbonyl (C=O) groups is 1. The Bertz CT molecular complexity index is 1010. The standard InChI is InChI=1S/C24H26Cl3N3O2/c1-2-17-22(24(32)28-19-5-3-4-6-21(19)31)29-30(20-12-11-16(26)13-18(20)27)23(17)14-7-9-15(25)10-8-14/h7-13,17,19,21,23,31H,2-6H2,1H3,(H,28,32)/t17-,19+,21+,23-/m1/s1. The second-order valence-electron chi connectivity index (χ2n) is 8.37. The largest absolute Gasteiger partial charge is 0.391 e. The van der Waals surface area contributed by atoms with Crippen molar-refractivity contribution in [1.29, 1.82) is 0 Å². The minimum atomic E-state index is -0.524. The molecule has 1 aliphatic carbocycles. The number of carbonyl (C=O) groups excluding carboxylic acids is 1. The maximum absolute atomic E-state index is 13.3. The van der Waals surface area contributed by atoms with E-state index in [-0.39, 0.29) is 23.9 Å². The number of aliphatic hydroxyl groups excluding tert-OH is 1. The zero-order chi connectivity index (χ0) is 22.8. The van der Waals surface area contributed by atoms with Gasteiger partial charge in [0.05, 0.1) is 28.9 Å². The lowest BCUT2D eigenvalue weighted by Crippen LogP contribution is -2.48. The molecule has 32 heavy (non-hydrogen) atoms. The van der Waals surface area contributed by atoms with Gasteiger partial charge in [-0.15, -0.1) is 0 Å². The fourth-order valence-corrected chi connectivity index (χ4v) is 5.25. The summed E-state index contributed by atoms with van der Waals surface area (Å²) in [5, 5.41) is 21.6. The minimum absolute atomic E-state index is 0.163. The summed E-state index contributed by atoms with van der Waals surface area (Å²) in [5.41, 5.74) is 2.10. The molecule has 0 radical (unpaired) electrons. The zero-order valence-corrected chi connectivity index (χ0v) is 20.0. The Balaban J connectivity index is 1.72. The predicted octanol–water partition coefficient (Wildman–Crippen LogP) is 6.01. The number of benzene rings is 2. The van der Waals surface area contributed by atoms with Crippen molar-refractivity contribution in [3.05, 3.63) is 63.1 Å². The Morgan fingerprint density at radius 2 is 1.78 bits per heavy atom. The smallest absolute Gasteiger partial charge is 0.268 e. The van der Waals surface area contributed by atoms with Gasteiger partial charge in [-0.25, -0.2) is 0 Å². The zero-order valence-electron chi connectivity index (χ0n) is 17.8. The Labute approximate surface area is 203 Å². The molecule has 2 aromatic carbocycles. The first-order valence-corrected chi connectivity index (χ1v) is 12.1. The topological polar surface area (TPSA) is 64.9 Å². The third-order valence-electron chi connectivity index (χ3n) is 6.30. The van der Waals surface area contributed by atoms with Crippen molar-refractivity contribution in [3.63, 3.8) is 0 Å². The van der Waals surface area contributed by atoms with Gasteiger partial charge in [-0.1, -0.05) is 66.7 Å². The molecule has 4 atom stereocenters. The van der Waals surface area contributed by atoms with Crippen molar-refractivity contribution in [2.75, 3.05) is 5.01 Å². The van der Waals surface area contributed by atoms with Crippen molar-refractivity contribution in [2.24, 2.45) is 11.0 Å². The van der Waals surface area contributed by atoms with Crippen LogP contribution in [0.25, 0.3) is 0 Å². The first-order valence-electron chi connectivity index (χ1n) is 11.0. The Morgan fingerprint density at radius 1 is 1.09 bits per heavy atom. The lowest BCUT2D eigenvalue weighted by molar-refractivity contribution is -0.116. The Kier molecular flexibility index (Phi) is 7.30. The first-order chi connectivity index (χ1) is 15.4. The first kappa shape index (κ1) is 23.4. The van der Waals surface area contributed by atoms with E-state index >= 15 is 0 Å². The third kappa shape index (κ3) is 4.76. The molecule has 2 aromatic rings. The second-order valence-corrected chi connectivity index (χ2v) is 9.65. The monoisotopic (exact) mass is 493 g/mol. The van der Waals surface area contributed by atoms with Crippen LogP contribution >= 0.6 is 34.8 Å². The molecule has 2 aliphatic rings. The second kappa shape index (κ2) is 10.0. The van der Waals surface area contributed by atoms with Crippen LogP contribution in [0.2, 0.25) is 15.1 Å². The van der Waals surface area contributed by atoms with E-state index in [2.05, 4.69) is 5.32 Å². The van der Waals surface area contributed by atoms with Crippen LogP contribution < -0.4 is 10.3 Å². The van der Waals surface area contributed by atoms with Gasteiger partial charge in [-0.05, 0) is 55.2 Å². The highest BCUT2D eigenvalue weighted by Crippen LogP contribution is 2.43. The van der Waals surface area contributed by atoms with Crippen molar-refractivity contribution in [3.8, 4) is 0 Å². The van der Waals surface area contributed by atoms with Gasteiger partial charge in [-0.2, -0.15) is 5.10 Å². The van der Waals surface area contributed by atoms with Crippen LogP contribution in [-0.4, -0.2) is 28.9 Å². The fraction of sp³-hybridized carbons (Fsp3) is 0.417. The maximum atomic E-state index is 13.3. The van der Waals surface area contributed by atoms with E-state index < -0.39 is 6.10 Å². The number of nitrogens with zero attached hydrogens (tertiary/aromatic N) is 2. The van der Waals surface area contributed by atoms with Crippen LogP contribution in [0.15, 0.2) is 47.6 Å². The normalized spacial score (nSPS) is 25.5. The molecule has 4 rings (SSSR count). The summed E-state index contributed by atoms with van der Waals surface area (Å²) in [6, 6.07) is 12.3. The number of nitrogens with one attached hydrogen (secondary N) is 1. The summed E-state index contributed by atoms with van der Waals surface area (Å²) in [7, 11) is 0. The van der Waals surface area contributed by atoms with Crippen LogP contribution in [0.1, 0.15) is 50.6 Å². The van der Waals surface area contributed by atoms with Crippen molar-refractivity contribution in [1.82, 2.24) is 5.32 Å². The molecular weight excluding hydrogens is 469 g/mol. The number of hydrogen-bond donors (Lipinski definition) is 2. The molecule has 1 saturated carbocycles. The molecular formula is C24H26Cl3N3O2. The van der Waals surface area contributed by atoms with Crippen LogP contribution in [0.4, 0.5) is 5.69 Å². The number of anilines is 1. The van der Waals surface area contributed by atoms with Crippen LogP contribution in [-0.2, 0) is 4.79 Å². The number of rotatable bonds is 5. The number of aliphatic hydroxyl groups is 1. The summed E-state index contributed by atoms with van der Waals surface area (Å²) >= 11 is 18.8. The van der Waals surface area contributed by atoms with Gasteiger partial charge >= 0.3 is 0 Å². The summed E-state index contributed by atoms with van der Waals surface area (Å²) in [6.45, 7) is 2.04. The lowest BCUT2D eigenvalue weighted by Gasteiger charge is -2.30. The molecule has 1 amide bonds. The van der Waals surface area contributed by atoms with Crippen LogP contribution in [0, 0.1) is 5.92 Å². The summed E-state index contributed by atoms with van der Waals surface area (Å²) < 4.78 is 0. The molecule has 0 saturated heterocycles. The number of amides is 1. The highest BCUT2D eigenvalue weighted by molar-refractivity contribution is 6.41. The molecule has 0 aromatic heterocycles. The van der Waals surface area contributed by atoms with Gasteiger partial charge in [0.15, 0.2) is 0 Å². The number of hydrazone groups is 1. The van der Waals surface area contributed by atoms with Gasteiger partial charge < -0.3 is 10.4 Å². The van der Waals surface area contributed by atoms with Crippen molar-refractivity contribution in [2.45, 2.75) is 57.2 Å². The van der Waals surface area contributed by atoms with Gasteiger partial charge in [0, 0.05) is 16.0 Å². The molecule has 1 aliphatic heterocycles. The molecule has 2 N–H and O–H groups in total. The molecule has 8 heteroatoms. The van der Waals surface area contributed by atoms with E-state index in [1.54, 1.807) is 12.1 Å². The van der Waals surface area contributed by atoms with E-state index in [1.807, 2.05) is 42.3 Å². The molecule has 0 unspecified atom stereocenters.